The van der Waals surface area contributed by atoms with Gasteiger partial charge in [0.1, 0.15) is 17.0 Å². The predicted octanol–water partition coefficient (Wildman–Crippen LogP) is 3.22. The molecule has 2 heterocycles. The molecular weight excluding hydrogens is 328 g/mol. The molecule has 1 aromatic heterocycles. The van der Waals surface area contributed by atoms with E-state index in [0.29, 0.717) is 12.5 Å². The summed E-state index contributed by atoms with van der Waals surface area (Å²) in [5, 5.41) is 20.6. The maximum Gasteiger partial charge on any atom is 0.154 e. The lowest BCUT2D eigenvalue weighted by molar-refractivity contribution is 0.247. The minimum absolute atomic E-state index is 0.248. The molecule has 6 heteroatoms. The molecule has 0 bridgehead atoms. The number of aromatic nitrogens is 3. The van der Waals surface area contributed by atoms with Gasteiger partial charge in [-0.3, -0.25) is 4.90 Å². The van der Waals surface area contributed by atoms with E-state index in [0.717, 1.165) is 54.0 Å². The van der Waals surface area contributed by atoms with E-state index in [2.05, 4.69) is 26.9 Å². The lowest BCUT2D eigenvalue weighted by Gasteiger charge is -2.15. The highest BCUT2D eigenvalue weighted by Crippen LogP contribution is 2.32. The number of aromatic amines is 1. The van der Waals surface area contributed by atoms with Gasteiger partial charge in [-0.05, 0) is 48.4 Å². The Kier molecular flexibility index (Phi) is 4.58. The highest BCUT2D eigenvalue weighted by molar-refractivity contribution is 5.86. The summed E-state index contributed by atoms with van der Waals surface area (Å²) >= 11 is 0. The van der Waals surface area contributed by atoms with E-state index >= 15 is 0 Å². The van der Waals surface area contributed by atoms with Crippen LogP contribution in [0.1, 0.15) is 6.42 Å². The second-order valence-corrected chi connectivity index (χ2v) is 6.73. The second-order valence-electron chi connectivity index (χ2n) is 6.73. The maximum atomic E-state index is 9.50. The van der Waals surface area contributed by atoms with Crippen molar-refractivity contribution in [2.75, 3.05) is 26.2 Å². The Morgan fingerprint density at radius 2 is 2.08 bits per heavy atom. The molecule has 1 saturated heterocycles. The van der Waals surface area contributed by atoms with Crippen molar-refractivity contribution >= 4 is 11.0 Å². The second kappa shape index (κ2) is 7.17. The van der Waals surface area contributed by atoms with E-state index < -0.39 is 0 Å². The van der Waals surface area contributed by atoms with Gasteiger partial charge in [-0.15, -0.1) is 6.58 Å². The summed E-state index contributed by atoms with van der Waals surface area (Å²) in [5.74, 6) is 1.49. The molecule has 6 nitrogen and oxygen atoms in total. The molecule has 0 saturated carbocycles. The molecule has 2 N–H and O–H groups in total. The molecule has 0 aliphatic carbocycles. The van der Waals surface area contributed by atoms with Crippen LogP contribution in [0.15, 0.2) is 49.1 Å². The minimum Gasteiger partial charge on any atom is -0.508 e. The third-order valence-electron chi connectivity index (χ3n) is 4.82. The van der Waals surface area contributed by atoms with Crippen molar-refractivity contribution in [2.24, 2.45) is 5.92 Å². The molecule has 4 rings (SSSR count). The third kappa shape index (κ3) is 3.41. The van der Waals surface area contributed by atoms with Crippen LogP contribution in [0.2, 0.25) is 0 Å². The number of H-pyrrole nitrogens is 1. The van der Waals surface area contributed by atoms with Gasteiger partial charge in [0.15, 0.2) is 5.52 Å². The van der Waals surface area contributed by atoms with Crippen molar-refractivity contribution in [1.82, 2.24) is 20.3 Å². The van der Waals surface area contributed by atoms with Gasteiger partial charge < -0.3 is 9.84 Å². The molecule has 1 aliphatic heterocycles. The molecular formula is C20H22N4O2. The number of benzene rings is 2. The van der Waals surface area contributed by atoms with Crippen molar-refractivity contribution in [3.05, 3.63) is 49.1 Å². The van der Waals surface area contributed by atoms with Crippen LogP contribution in [0.3, 0.4) is 0 Å². The Bertz CT molecular complexity index is 904. The van der Waals surface area contributed by atoms with E-state index in [1.54, 1.807) is 12.1 Å². The Morgan fingerprint density at radius 3 is 2.88 bits per heavy atom. The van der Waals surface area contributed by atoms with Crippen molar-refractivity contribution in [1.29, 1.82) is 0 Å². The monoisotopic (exact) mass is 350 g/mol. The number of phenols is 1. The fourth-order valence-corrected chi connectivity index (χ4v) is 3.46. The summed E-state index contributed by atoms with van der Waals surface area (Å²) in [6.07, 6.45) is 3.08. The number of nitrogens with one attached hydrogen (secondary N) is 1. The molecule has 1 aliphatic rings. The number of aromatic hydroxyl groups is 1. The first kappa shape index (κ1) is 16.6. The average Bonchev–Trinajstić information content (AvgIpc) is 3.29. The van der Waals surface area contributed by atoms with E-state index in [9.17, 15) is 5.11 Å². The van der Waals surface area contributed by atoms with Gasteiger partial charge in [0.25, 0.3) is 0 Å². The largest absolute Gasteiger partial charge is 0.508 e. The van der Waals surface area contributed by atoms with E-state index in [-0.39, 0.29) is 5.75 Å². The summed E-state index contributed by atoms with van der Waals surface area (Å²) in [6.45, 7) is 7.52. The minimum atomic E-state index is 0.248. The molecule has 0 unspecified atom stereocenters. The predicted molar refractivity (Wildman–Crippen MR) is 101 cm³/mol. The van der Waals surface area contributed by atoms with Crippen LogP contribution in [-0.2, 0) is 0 Å². The molecule has 0 amide bonds. The fourth-order valence-electron chi connectivity index (χ4n) is 3.46. The van der Waals surface area contributed by atoms with Crippen LogP contribution < -0.4 is 4.74 Å². The first-order chi connectivity index (χ1) is 12.7. The normalized spacial score (nSPS) is 17.6. The van der Waals surface area contributed by atoms with Gasteiger partial charge in [0, 0.05) is 19.0 Å². The first-order valence-electron chi connectivity index (χ1n) is 8.83. The summed E-state index contributed by atoms with van der Waals surface area (Å²) in [6, 6.07) is 11.1. The molecule has 1 atom stereocenters. The van der Waals surface area contributed by atoms with Crippen LogP contribution in [0, 0.1) is 5.92 Å². The van der Waals surface area contributed by atoms with Gasteiger partial charge in [0.05, 0.1) is 6.61 Å². The quantitative estimate of drug-likeness (QED) is 0.668. The topological polar surface area (TPSA) is 74.3 Å². The van der Waals surface area contributed by atoms with E-state index in [4.69, 9.17) is 4.74 Å². The van der Waals surface area contributed by atoms with Crippen molar-refractivity contribution in [2.45, 2.75) is 6.42 Å². The number of fused-ring (bicyclic) bond motifs is 1. The Morgan fingerprint density at radius 1 is 1.23 bits per heavy atom. The average molecular weight is 350 g/mol. The van der Waals surface area contributed by atoms with Crippen molar-refractivity contribution in [3.8, 4) is 22.6 Å². The van der Waals surface area contributed by atoms with Gasteiger partial charge in [-0.25, -0.2) is 0 Å². The summed E-state index contributed by atoms with van der Waals surface area (Å²) < 4.78 is 6.15. The molecule has 26 heavy (non-hydrogen) atoms. The smallest absolute Gasteiger partial charge is 0.154 e. The SMILES string of the molecule is C=CCN1CC[C@H](COc2cc(-c3ccc(O)cc3)cc3n[nH]nc23)C1. The van der Waals surface area contributed by atoms with Gasteiger partial charge >= 0.3 is 0 Å². The van der Waals surface area contributed by atoms with Crippen LogP contribution in [0.5, 0.6) is 11.5 Å². The number of hydrogen-bond acceptors (Lipinski definition) is 5. The number of nitrogens with zero attached hydrogens (tertiary/aromatic N) is 3. The van der Waals surface area contributed by atoms with Gasteiger partial charge in [-0.1, -0.05) is 18.2 Å². The molecule has 1 fully saturated rings. The zero-order valence-corrected chi connectivity index (χ0v) is 14.6. The lowest BCUT2D eigenvalue weighted by atomic mass is 10.0. The van der Waals surface area contributed by atoms with E-state index in [1.165, 1.54) is 0 Å². The molecule has 0 spiro atoms. The van der Waals surface area contributed by atoms with Crippen LogP contribution in [0.25, 0.3) is 22.2 Å². The third-order valence-corrected chi connectivity index (χ3v) is 4.82. The molecule has 134 valence electrons. The number of phenolic OH excluding ortho intramolecular Hbond substituents is 1. The lowest BCUT2D eigenvalue weighted by Crippen LogP contribution is -2.22. The number of hydrogen-bond donors (Lipinski definition) is 2. The Labute approximate surface area is 152 Å². The molecule has 3 aromatic rings. The summed E-state index contributed by atoms with van der Waals surface area (Å²) in [5.41, 5.74) is 3.50. The van der Waals surface area contributed by atoms with Crippen LogP contribution >= 0.6 is 0 Å². The Hall–Kier alpha value is -2.86. The van der Waals surface area contributed by atoms with Crippen molar-refractivity contribution in [3.63, 3.8) is 0 Å². The highest BCUT2D eigenvalue weighted by atomic mass is 16.5. The Balaban J connectivity index is 1.55. The number of likely N-dealkylation sites (tertiary alicyclic amines) is 1. The zero-order chi connectivity index (χ0) is 17.9. The summed E-state index contributed by atoms with van der Waals surface area (Å²) in [4.78, 5) is 2.39. The maximum absolute atomic E-state index is 9.50. The summed E-state index contributed by atoms with van der Waals surface area (Å²) in [7, 11) is 0. The highest BCUT2D eigenvalue weighted by Gasteiger charge is 2.22. The van der Waals surface area contributed by atoms with Crippen molar-refractivity contribution < 1.29 is 9.84 Å². The molecule has 2 aromatic carbocycles. The number of ether oxygens (including phenoxy) is 1. The van der Waals surface area contributed by atoms with Crippen LogP contribution in [0.4, 0.5) is 0 Å². The standard InChI is InChI=1S/C20H22N4O2/c1-2-8-24-9-7-14(12-24)13-26-19-11-16(10-18-20(19)22-23-21-18)15-3-5-17(25)6-4-15/h2-6,10-11,14,25H,1,7-9,12-13H2,(H,21,22,23)/t14-/m0/s1. The van der Waals surface area contributed by atoms with Gasteiger partial charge in [-0.2, -0.15) is 15.4 Å². The van der Waals surface area contributed by atoms with Gasteiger partial charge in [0.2, 0.25) is 0 Å². The number of rotatable bonds is 6. The zero-order valence-electron chi connectivity index (χ0n) is 14.6. The van der Waals surface area contributed by atoms with E-state index in [1.807, 2.05) is 30.3 Å². The molecule has 0 radical (unpaired) electrons. The fraction of sp³-hybridized carbons (Fsp3) is 0.300. The van der Waals surface area contributed by atoms with Crippen LogP contribution in [-0.4, -0.2) is 51.7 Å². The first-order valence-corrected chi connectivity index (χ1v) is 8.83.